The fourth-order valence-corrected chi connectivity index (χ4v) is 4.76. The minimum Gasteiger partial charge on any atom is -0.508 e. The molecule has 0 aliphatic heterocycles. The molecule has 3 rings (SSSR count). The van der Waals surface area contributed by atoms with Gasteiger partial charge in [0, 0.05) is 31.9 Å². The van der Waals surface area contributed by atoms with Gasteiger partial charge >= 0.3 is 5.97 Å². The molecular weight excluding hydrogens is 616 g/mol. The Bertz CT molecular complexity index is 1540. The fraction of sp³-hybridized carbons (Fsp3) is 0.389. The van der Waals surface area contributed by atoms with Crippen LogP contribution in [-0.2, 0) is 32.0 Å². The van der Waals surface area contributed by atoms with Crippen molar-refractivity contribution in [1.82, 2.24) is 10.2 Å². The van der Waals surface area contributed by atoms with E-state index in [1.54, 1.807) is 54.3 Å². The zero-order chi connectivity index (χ0) is 35.4. The summed E-state index contributed by atoms with van der Waals surface area (Å²) in [7, 11) is 7.49. The molecule has 0 aliphatic rings. The number of phenolic OH excluding ortho intramolecular Hbond substituents is 2. The number of likely N-dealkylation sites (N-methyl/N-ethyl adjacent to an activating group) is 1. The summed E-state index contributed by atoms with van der Waals surface area (Å²) in [5, 5.41) is 22.8. The lowest BCUT2D eigenvalue weighted by Gasteiger charge is -2.22. The number of phenols is 2. The molecule has 0 aliphatic carbocycles. The van der Waals surface area contributed by atoms with Crippen LogP contribution in [0.15, 0.2) is 60.7 Å². The van der Waals surface area contributed by atoms with Crippen molar-refractivity contribution in [1.29, 1.82) is 0 Å². The standard InChI is InChI=1S/C36H46N4O8/c1-7-24(2)48-36(46)30(37-34(44)22-29-32(42)9-8-10-33(29)43)17-13-25-11-14-26(15-12-25)40(23-41)35(45)28-21-27(47-20-19-38(3)4)16-18-31(28)39(5)6/h8-12,14-16,18,21,23-24,30,42-43H,7,13,17,19-20,22H2,1-6H3,(H,37,44). The summed E-state index contributed by atoms with van der Waals surface area (Å²) >= 11 is 0. The predicted molar refractivity (Wildman–Crippen MR) is 184 cm³/mol. The molecule has 2 unspecified atom stereocenters. The van der Waals surface area contributed by atoms with Crippen LogP contribution in [0.1, 0.15) is 48.2 Å². The van der Waals surface area contributed by atoms with E-state index in [9.17, 15) is 29.4 Å². The van der Waals surface area contributed by atoms with Crippen molar-refractivity contribution in [2.75, 3.05) is 51.1 Å². The number of aryl methyl sites for hydroxylation is 1. The Kier molecular flexibility index (Phi) is 13.8. The first-order chi connectivity index (χ1) is 22.8. The van der Waals surface area contributed by atoms with Crippen LogP contribution in [0.2, 0.25) is 0 Å². The molecule has 0 fully saturated rings. The molecule has 3 aromatic carbocycles. The van der Waals surface area contributed by atoms with Crippen molar-refractivity contribution < 1.29 is 38.9 Å². The predicted octanol–water partition coefficient (Wildman–Crippen LogP) is 3.91. The van der Waals surface area contributed by atoms with Crippen molar-refractivity contribution in [3.05, 3.63) is 77.4 Å². The van der Waals surface area contributed by atoms with Gasteiger partial charge in [-0.2, -0.15) is 0 Å². The second-order valence-corrected chi connectivity index (χ2v) is 11.9. The Labute approximate surface area is 281 Å². The van der Waals surface area contributed by atoms with Gasteiger partial charge in [-0.25, -0.2) is 9.69 Å². The van der Waals surface area contributed by atoms with Crippen LogP contribution < -0.4 is 19.9 Å². The average molecular weight is 663 g/mol. The fourth-order valence-electron chi connectivity index (χ4n) is 4.76. The van der Waals surface area contributed by atoms with Gasteiger partial charge in [-0.3, -0.25) is 14.4 Å². The smallest absolute Gasteiger partial charge is 0.328 e. The van der Waals surface area contributed by atoms with E-state index >= 15 is 0 Å². The maximum absolute atomic E-state index is 13.7. The van der Waals surface area contributed by atoms with Gasteiger partial charge < -0.3 is 34.8 Å². The summed E-state index contributed by atoms with van der Waals surface area (Å²) in [6.45, 7) is 4.76. The summed E-state index contributed by atoms with van der Waals surface area (Å²) in [6, 6.07) is 15.1. The molecule has 0 heterocycles. The van der Waals surface area contributed by atoms with Gasteiger partial charge in [-0.1, -0.05) is 25.1 Å². The maximum Gasteiger partial charge on any atom is 0.328 e. The topological polar surface area (TPSA) is 149 Å². The first-order valence-electron chi connectivity index (χ1n) is 15.8. The van der Waals surface area contributed by atoms with Crippen LogP contribution in [0.3, 0.4) is 0 Å². The normalized spacial score (nSPS) is 12.1. The van der Waals surface area contributed by atoms with E-state index in [0.717, 1.165) is 10.5 Å². The lowest BCUT2D eigenvalue weighted by Crippen LogP contribution is -2.43. The highest BCUT2D eigenvalue weighted by atomic mass is 16.5. The quantitative estimate of drug-likeness (QED) is 0.144. The Morgan fingerprint density at radius 2 is 1.62 bits per heavy atom. The number of nitrogens with zero attached hydrogens (tertiary/aromatic N) is 3. The molecule has 0 saturated carbocycles. The number of carbonyl (C=O) groups excluding carboxylic acids is 4. The number of ether oxygens (including phenoxy) is 2. The molecule has 0 saturated heterocycles. The third-order valence-electron chi connectivity index (χ3n) is 7.72. The van der Waals surface area contributed by atoms with Gasteiger partial charge in [0.15, 0.2) is 0 Å². The summed E-state index contributed by atoms with van der Waals surface area (Å²) in [4.78, 5) is 56.6. The first kappa shape index (κ1) is 37.4. The summed E-state index contributed by atoms with van der Waals surface area (Å²) < 4.78 is 11.3. The highest BCUT2D eigenvalue weighted by Gasteiger charge is 2.26. The lowest BCUT2D eigenvalue weighted by atomic mass is 10.0. The largest absolute Gasteiger partial charge is 0.508 e. The molecule has 2 atom stereocenters. The van der Waals surface area contributed by atoms with Gasteiger partial charge in [0.2, 0.25) is 12.3 Å². The SMILES string of the molecule is CCC(C)OC(=O)C(CCc1ccc(N(C=O)C(=O)c2cc(OCCN(C)C)ccc2N(C)C)cc1)NC(=O)Cc1c(O)cccc1O. The first-order valence-corrected chi connectivity index (χ1v) is 15.8. The van der Waals surface area contributed by atoms with Crippen LogP contribution in [0.5, 0.6) is 17.2 Å². The highest BCUT2D eigenvalue weighted by Crippen LogP contribution is 2.28. The Balaban J connectivity index is 1.76. The second-order valence-electron chi connectivity index (χ2n) is 11.9. The number of rotatable bonds is 17. The van der Waals surface area contributed by atoms with E-state index in [-0.39, 0.29) is 36.0 Å². The van der Waals surface area contributed by atoms with Crippen molar-refractivity contribution in [3.63, 3.8) is 0 Å². The van der Waals surface area contributed by atoms with Gasteiger partial charge in [0.05, 0.1) is 23.8 Å². The number of hydrogen-bond acceptors (Lipinski definition) is 10. The Morgan fingerprint density at radius 1 is 0.958 bits per heavy atom. The van der Waals surface area contributed by atoms with E-state index in [1.807, 2.05) is 40.0 Å². The number of amides is 3. The van der Waals surface area contributed by atoms with Crippen molar-refractivity contribution >= 4 is 35.6 Å². The number of carbonyl (C=O) groups is 4. The average Bonchev–Trinajstić information content (AvgIpc) is 3.05. The van der Waals surface area contributed by atoms with Crippen molar-refractivity contribution in [2.45, 2.75) is 51.7 Å². The van der Waals surface area contributed by atoms with E-state index in [0.29, 0.717) is 55.1 Å². The molecule has 0 aromatic heterocycles. The van der Waals surface area contributed by atoms with Gasteiger partial charge in [-0.05, 0) is 88.3 Å². The molecule has 12 nitrogen and oxygen atoms in total. The molecule has 48 heavy (non-hydrogen) atoms. The number of aromatic hydroxyl groups is 2. The van der Waals surface area contributed by atoms with Crippen molar-refractivity contribution in [2.24, 2.45) is 0 Å². The summed E-state index contributed by atoms with van der Waals surface area (Å²) in [5.74, 6) is -1.64. The number of anilines is 2. The Morgan fingerprint density at radius 3 is 2.21 bits per heavy atom. The van der Waals surface area contributed by atoms with Gasteiger partial charge in [-0.15, -0.1) is 0 Å². The molecule has 12 heteroatoms. The molecule has 258 valence electrons. The van der Waals surface area contributed by atoms with Crippen LogP contribution in [0, 0.1) is 0 Å². The minimum atomic E-state index is -0.996. The van der Waals surface area contributed by atoms with Gasteiger partial charge in [0.25, 0.3) is 5.91 Å². The zero-order valence-corrected chi connectivity index (χ0v) is 28.4. The van der Waals surface area contributed by atoms with Crippen LogP contribution in [0.25, 0.3) is 0 Å². The molecule has 3 aromatic rings. The van der Waals surface area contributed by atoms with Crippen LogP contribution >= 0.6 is 0 Å². The van der Waals surface area contributed by atoms with E-state index < -0.39 is 23.8 Å². The second kappa shape index (κ2) is 17.7. The molecule has 0 spiro atoms. The van der Waals surface area contributed by atoms with Gasteiger partial charge in [0.1, 0.15) is 29.9 Å². The van der Waals surface area contributed by atoms with E-state index in [4.69, 9.17) is 9.47 Å². The monoisotopic (exact) mass is 662 g/mol. The van der Waals surface area contributed by atoms with Crippen LogP contribution in [-0.4, -0.2) is 92.8 Å². The number of esters is 1. The third-order valence-corrected chi connectivity index (χ3v) is 7.72. The lowest BCUT2D eigenvalue weighted by molar-refractivity contribution is -0.152. The third kappa shape index (κ3) is 10.5. The molecule has 3 amide bonds. The number of benzene rings is 3. The van der Waals surface area contributed by atoms with E-state index in [2.05, 4.69) is 5.32 Å². The zero-order valence-electron chi connectivity index (χ0n) is 28.4. The number of imide groups is 1. The number of nitrogens with one attached hydrogen (secondary N) is 1. The van der Waals surface area contributed by atoms with Crippen molar-refractivity contribution in [3.8, 4) is 17.2 Å². The summed E-state index contributed by atoms with van der Waals surface area (Å²) in [6.07, 6.45) is 0.912. The Hall–Kier alpha value is -5.10. The summed E-state index contributed by atoms with van der Waals surface area (Å²) in [5.41, 5.74) is 2.12. The molecule has 0 radical (unpaired) electrons. The molecule has 0 bridgehead atoms. The van der Waals surface area contributed by atoms with Crippen LogP contribution in [0.4, 0.5) is 11.4 Å². The molecule has 3 N–H and O–H groups in total. The molecular formula is C36H46N4O8. The minimum absolute atomic E-state index is 0.0511. The highest BCUT2D eigenvalue weighted by molar-refractivity contribution is 6.18. The number of hydrogen-bond donors (Lipinski definition) is 3. The maximum atomic E-state index is 13.7. The van der Waals surface area contributed by atoms with E-state index in [1.165, 1.54) is 18.2 Å².